The molecule has 7 nitrogen and oxygen atoms in total. The zero-order valence-corrected chi connectivity index (χ0v) is 12.9. The summed E-state index contributed by atoms with van der Waals surface area (Å²) in [6, 6.07) is 15.3. The monoisotopic (exact) mass is 318 g/mol. The van der Waals surface area contributed by atoms with Crippen molar-refractivity contribution in [1.82, 2.24) is 9.55 Å². The van der Waals surface area contributed by atoms with Crippen molar-refractivity contribution < 1.29 is 4.79 Å². The molecule has 5 rings (SSSR count). The van der Waals surface area contributed by atoms with Gasteiger partial charge in [0.05, 0.1) is 16.7 Å². The molecule has 0 fully saturated rings. The fourth-order valence-electron chi connectivity index (χ4n) is 3.65. The van der Waals surface area contributed by atoms with E-state index in [4.69, 9.17) is 5.73 Å². The van der Waals surface area contributed by atoms with Crippen LogP contribution in [-0.4, -0.2) is 28.5 Å². The number of rotatable bonds is 0. The number of amides is 1. The average Bonchev–Trinajstić information content (AvgIpc) is 3.06. The first kappa shape index (κ1) is 13.1. The topological polar surface area (TPSA) is 88.5 Å². The summed E-state index contributed by atoms with van der Waals surface area (Å²) in [4.78, 5) is 24.0. The van der Waals surface area contributed by atoms with Crippen LogP contribution in [0.1, 0.15) is 5.56 Å². The maximum atomic E-state index is 13.3. The number of hydrogen-bond donors (Lipinski definition) is 2. The number of anilines is 2. The molecular formula is C17H14N6O. The predicted octanol–water partition coefficient (Wildman–Crippen LogP) is 1.45. The molecule has 1 aromatic heterocycles. The van der Waals surface area contributed by atoms with Crippen LogP contribution >= 0.6 is 0 Å². The zero-order valence-electron chi connectivity index (χ0n) is 12.9. The van der Waals surface area contributed by atoms with Crippen molar-refractivity contribution in [2.24, 2.45) is 10.7 Å². The SMILES string of the molecule is CN1C(=O)C2(N=C(N)Nc3nc4ccccc4n32)c2ccccc21. The van der Waals surface area contributed by atoms with Crippen molar-refractivity contribution in [1.29, 1.82) is 0 Å². The number of aliphatic imine (C=N–C) groups is 1. The van der Waals surface area contributed by atoms with Crippen molar-refractivity contribution in [2.75, 3.05) is 17.3 Å². The number of aromatic nitrogens is 2. The lowest BCUT2D eigenvalue weighted by atomic mass is 10.00. The van der Waals surface area contributed by atoms with Crippen LogP contribution in [0.5, 0.6) is 0 Å². The molecule has 1 spiro atoms. The van der Waals surface area contributed by atoms with Gasteiger partial charge in [0, 0.05) is 12.6 Å². The van der Waals surface area contributed by atoms with Gasteiger partial charge in [0.1, 0.15) is 0 Å². The first-order valence-corrected chi connectivity index (χ1v) is 7.61. The van der Waals surface area contributed by atoms with Gasteiger partial charge in [0.2, 0.25) is 11.6 Å². The number of benzene rings is 2. The quantitative estimate of drug-likeness (QED) is 0.657. The summed E-state index contributed by atoms with van der Waals surface area (Å²) in [7, 11) is 1.75. The van der Waals surface area contributed by atoms with E-state index in [2.05, 4.69) is 15.3 Å². The van der Waals surface area contributed by atoms with Crippen molar-refractivity contribution in [3.05, 3.63) is 54.1 Å². The van der Waals surface area contributed by atoms with E-state index in [1.54, 1.807) is 11.9 Å². The molecule has 2 aliphatic rings. The molecule has 0 bridgehead atoms. The normalized spacial score (nSPS) is 21.6. The minimum absolute atomic E-state index is 0.155. The first-order chi connectivity index (χ1) is 11.6. The summed E-state index contributed by atoms with van der Waals surface area (Å²) in [5, 5.41) is 2.98. The molecule has 118 valence electrons. The Morgan fingerprint density at radius 3 is 2.75 bits per heavy atom. The van der Waals surface area contributed by atoms with Crippen LogP contribution in [0.3, 0.4) is 0 Å². The number of carbonyl (C=O) groups excluding carboxylic acids is 1. The van der Waals surface area contributed by atoms with Gasteiger partial charge in [-0.05, 0) is 18.2 Å². The zero-order chi connectivity index (χ0) is 16.5. The summed E-state index contributed by atoms with van der Waals surface area (Å²) < 4.78 is 1.84. The number of para-hydroxylation sites is 3. The Morgan fingerprint density at radius 1 is 1.12 bits per heavy atom. The Labute approximate surface area is 137 Å². The van der Waals surface area contributed by atoms with Crippen LogP contribution in [0, 0.1) is 0 Å². The van der Waals surface area contributed by atoms with Crippen molar-refractivity contribution in [3.8, 4) is 0 Å². The molecule has 0 saturated heterocycles. The Bertz CT molecular complexity index is 1050. The fraction of sp³-hybridized carbons (Fsp3) is 0.118. The third-order valence-corrected chi connectivity index (χ3v) is 4.65. The van der Waals surface area contributed by atoms with Crippen LogP contribution in [0.4, 0.5) is 11.6 Å². The molecule has 0 aliphatic carbocycles. The lowest BCUT2D eigenvalue weighted by molar-refractivity contribution is -0.123. The van der Waals surface area contributed by atoms with Gasteiger partial charge in [-0.15, -0.1) is 0 Å². The van der Waals surface area contributed by atoms with Gasteiger partial charge in [-0.2, -0.15) is 0 Å². The van der Waals surface area contributed by atoms with Crippen LogP contribution < -0.4 is 16.0 Å². The molecule has 1 atom stereocenters. The van der Waals surface area contributed by atoms with Gasteiger partial charge >= 0.3 is 0 Å². The predicted molar refractivity (Wildman–Crippen MR) is 91.9 cm³/mol. The van der Waals surface area contributed by atoms with Crippen molar-refractivity contribution in [3.63, 3.8) is 0 Å². The second kappa shape index (κ2) is 4.14. The second-order valence-electron chi connectivity index (χ2n) is 5.94. The highest BCUT2D eigenvalue weighted by Gasteiger charge is 2.55. The number of carbonyl (C=O) groups is 1. The number of nitrogens with two attached hydrogens (primary N) is 1. The molecule has 2 aliphatic heterocycles. The highest BCUT2D eigenvalue weighted by atomic mass is 16.2. The molecule has 0 saturated carbocycles. The third kappa shape index (κ3) is 1.35. The molecular weight excluding hydrogens is 304 g/mol. The maximum Gasteiger partial charge on any atom is 0.281 e. The number of hydrogen-bond acceptors (Lipinski definition) is 5. The third-order valence-electron chi connectivity index (χ3n) is 4.65. The number of nitrogens with zero attached hydrogens (tertiary/aromatic N) is 4. The Kier molecular flexibility index (Phi) is 2.26. The minimum atomic E-state index is -1.26. The van der Waals surface area contributed by atoms with Crippen LogP contribution in [0.25, 0.3) is 11.0 Å². The maximum absolute atomic E-state index is 13.3. The molecule has 3 heterocycles. The van der Waals surface area contributed by atoms with Gasteiger partial charge in [0.15, 0.2) is 5.96 Å². The van der Waals surface area contributed by atoms with Gasteiger partial charge < -0.3 is 10.6 Å². The van der Waals surface area contributed by atoms with E-state index in [-0.39, 0.29) is 11.9 Å². The highest BCUT2D eigenvalue weighted by Crippen LogP contribution is 2.47. The van der Waals surface area contributed by atoms with Gasteiger partial charge in [-0.25, -0.2) is 9.98 Å². The number of nitrogens with one attached hydrogen (secondary N) is 1. The van der Waals surface area contributed by atoms with Crippen LogP contribution in [0.15, 0.2) is 53.5 Å². The van der Waals surface area contributed by atoms with Crippen LogP contribution in [-0.2, 0) is 10.5 Å². The molecule has 1 amide bonds. The summed E-state index contributed by atoms with van der Waals surface area (Å²) in [6.45, 7) is 0. The first-order valence-electron chi connectivity index (χ1n) is 7.61. The molecule has 1 unspecified atom stereocenters. The number of imidazole rings is 1. The van der Waals surface area contributed by atoms with E-state index < -0.39 is 5.66 Å². The summed E-state index contributed by atoms with van der Waals surface area (Å²) in [5.74, 6) is 0.538. The smallest absolute Gasteiger partial charge is 0.281 e. The minimum Gasteiger partial charge on any atom is -0.370 e. The van der Waals surface area contributed by atoms with Gasteiger partial charge in [0.25, 0.3) is 5.91 Å². The molecule has 2 aromatic carbocycles. The van der Waals surface area contributed by atoms with Crippen molar-refractivity contribution >= 4 is 34.5 Å². The van der Waals surface area contributed by atoms with Crippen molar-refractivity contribution in [2.45, 2.75) is 5.66 Å². The molecule has 7 heteroatoms. The summed E-state index contributed by atoms with van der Waals surface area (Å²) in [6.07, 6.45) is 0. The fourth-order valence-corrected chi connectivity index (χ4v) is 3.65. The van der Waals surface area contributed by atoms with E-state index in [1.807, 2.05) is 53.1 Å². The van der Waals surface area contributed by atoms with Crippen LogP contribution in [0.2, 0.25) is 0 Å². The van der Waals surface area contributed by atoms with E-state index in [1.165, 1.54) is 0 Å². The number of guanidine groups is 1. The second-order valence-corrected chi connectivity index (χ2v) is 5.94. The molecule has 24 heavy (non-hydrogen) atoms. The lowest BCUT2D eigenvalue weighted by Gasteiger charge is -2.31. The number of fused-ring (bicyclic) bond motifs is 6. The van der Waals surface area contributed by atoms with E-state index in [9.17, 15) is 4.79 Å². The average molecular weight is 318 g/mol. The van der Waals surface area contributed by atoms with Gasteiger partial charge in [-0.1, -0.05) is 30.3 Å². The Morgan fingerprint density at radius 2 is 1.88 bits per heavy atom. The lowest BCUT2D eigenvalue weighted by Crippen LogP contribution is -2.49. The molecule has 3 aromatic rings. The number of likely N-dealkylation sites (N-methyl/N-ethyl adjacent to an activating group) is 1. The summed E-state index contributed by atoms with van der Waals surface area (Å²) >= 11 is 0. The van der Waals surface area contributed by atoms with E-state index in [0.29, 0.717) is 5.95 Å². The largest absolute Gasteiger partial charge is 0.370 e. The Hall–Kier alpha value is -3.35. The van der Waals surface area contributed by atoms with E-state index >= 15 is 0 Å². The van der Waals surface area contributed by atoms with E-state index in [0.717, 1.165) is 22.3 Å². The summed E-state index contributed by atoms with van der Waals surface area (Å²) in [5.41, 5.74) is 7.98. The standard InChI is InChI=1S/C17H14N6O/c1-22-12-8-4-2-6-10(12)17(14(22)24)21-15(18)20-16-19-11-7-3-5-9-13(11)23(16)17/h2-9H,1H3,(H3,18,19,20,21). The van der Waals surface area contributed by atoms with Gasteiger partial charge in [-0.3, -0.25) is 14.7 Å². The highest BCUT2D eigenvalue weighted by molar-refractivity contribution is 6.11. The molecule has 0 radical (unpaired) electrons. The Balaban J connectivity index is 1.96. The molecule has 3 N–H and O–H groups in total.